The summed E-state index contributed by atoms with van der Waals surface area (Å²) in [5.74, 6) is -0.0358. The summed E-state index contributed by atoms with van der Waals surface area (Å²) < 4.78 is 25.6. The zero-order valence-corrected chi connectivity index (χ0v) is 17.1. The first kappa shape index (κ1) is 18.9. The fraction of sp³-hybridized carbons (Fsp3) is 0.300. The van der Waals surface area contributed by atoms with Crippen molar-refractivity contribution in [2.75, 3.05) is 11.5 Å². The molecule has 0 unspecified atom stereocenters. The van der Waals surface area contributed by atoms with Crippen molar-refractivity contribution in [1.29, 1.82) is 0 Å². The summed E-state index contributed by atoms with van der Waals surface area (Å²) in [6.07, 6.45) is 0.521. The Labute approximate surface area is 168 Å². The molecule has 6 nitrogen and oxygen atoms in total. The maximum atomic E-state index is 12.7. The van der Waals surface area contributed by atoms with Crippen molar-refractivity contribution in [3.8, 4) is 10.6 Å². The van der Waals surface area contributed by atoms with Crippen LogP contribution in [0.4, 0.5) is 0 Å². The van der Waals surface area contributed by atoms with E-state index in [2.05, 4.69) is 10.4 Å². The molecule has 1 amide bonds. The number of nitrogens with zero attached hydrogens (tertiary/aromatic N) is 2. The van der Waals surface area contributed by atoms with Gasteiger partial charge in [0.05, 0.1) is 28.1 Å². The first-order chi connectivity index (χ1) is 13.4. The molecule has 3 aromatic rings. The molecular weight excluding hydrogens is 394 g/mol. The van der Waals surface area contributed by atoms with Gasteiger partial charge in [-0.3, -0.25) is 9.48 Å². The minimum atomic E-state index is -3.05. The molecule has 0 bridgehead atoms. The number of sulfone groups is 1. The van der Waals surface area contributed by atoms with Gasteiger partial charge in [0.15, 0.2) is 15.5 Å². The van der Waals surface area contributed by atoms with E-state index in [1.54, 1.807) is 22.1 Å². The van der Waals surface area contributed by atoms with Crippen LogP contribution in [0.1, 0.15) is 34.1 Å². The SMILES string of the molecule is Cc1ccc(CNC(=O)c2cc(-c3cccs3)n([C@@H]3CCS(=O)(=O)C3)n2)cc1. The van der Waals surface area contributed by atoms with Crippen molar-refractivity contribution in [3.05, 3.63) is 64.7 Å². The van der Waals surface area contributed by atoms with E-state index in [4.69, 9.17) is 0 Å². The number of hydrogen-bond acceptors (Lipinski definition) is 5. The van der Waals surface area contributed by atoms with E-state index in [1.807, 2.05) is 48.7 Å². The van der Waals surface area contributed by atoms with Gasteiger partial charge in [-0.1, -0.05) is 35.9 Å². The lowest BCUT2D eigenvalue weighted by Gasteiger charge is -2.12. The van der Waals surface area contributed by atoms with Crippen molar-refractivity contribution in [2.45, 2.75) is 25.9 Å². The lowest BCUT2D eigenvalue weighted by atomic mass is 10.1. The van der Waals surface area contributed by atoms with Crippen LogP contribution >= 0.6 is 11.3 Å². The molecule has 146 valence electrons. The van der Waals surface area contributed by atoms with Gasteiger partial charge in [-0.05, 0) is 36.4 Å². The number of rotatable bonds is 5. The van der Waals surface area contributed by atoms with Crippen LogP contribution in [-0.2, 0) is 16.4 Å². The van der Waals surface area contributed by atoms with Gasteiger partial charge < -0.3 is 5.32 Å². The second kappa shape index (κ2) is 7.52. The molecule has 1 saturated heterocycles. The zero-order valence-electron chi connectivity index (χ0n) is 15.5. The average Bonchev–Trinajstić information content (AvgIpc) is 3.39. The van der Waals surface area contributed by atoms with Gasteiger partial charge in [0, 0.05) is 6.54 Å². The van der Waals surface area contributed by atoms with E-state index in [0.29, 0.717) is 18.7 Å². The van der Waals surface area contributed by atoms with Gasteiger partial charge in [0.2, 0.25) is 0 Å². The third kappa shape index (κ3) is 4.02. The molecule has 28 heavy (non-hydrogen) atoms. The van der Waals surface area contributed by atoms with Crippen LogP contribution in [0.15, 0.2) is 47.8 Å². The maximum Gasteiger partial charge on any atom is 0.272 e. The molecule has 1 aromatic carbocycles. The molecule has 0 spiro atoms. The van der Waals surface area contributed by atoms with Gasteiger partial charge in [-0.15, -0.1) is 11.3 Å². The van der Waals surface area contributed by atoms with Crippen molar-refractivity contribution >= 4 is 27.1 Å². The summed E-state index contributed by atoms with van der Waals surface area (Å²) in [7, 11) is -3.05. The highest BCUT2D eigenvalue weighted by molar-refractivity contribution is 7.91. The summed E-state index contributed by atoms with van der Waals surface area (Å²) in [6, 6.07) is 13.4. The molecule has 3 heterocycles. The summed E-state index contributed by atoms with van der Waals surface area (Å²) in [6.45, 7) is 2.43. The van der Waals surface area contributed by atoms with Crippen LogP contribution in [0.25, 0.3) is 10.6 Å². The van der Waals surface area contributed by atoms with Crippen LogP contribution in [0.3, 0.4) is 0 Å². The largest absolute Gasteiger partial charge is 0.347 e. The summed E-state index contributed by atoms with van der Waals surface area (Å²) >= 11 is 1.54. The minimum Gasteiger partial charge on any atom is -0.347 e. The lowest BCUT2D eigenvalue weighted by molar-refractivity contribution is 0.0945. The van der Waals surface area contributed by atoms with Crippen LogP contribution in [0, 0.1) is 6.92 Å². The zero-order chi connectivity index (χ0) is 19.7. The summed E-state index contributed by atoms with van der Waals surface area (Å²) in [5.41, 5.74) is 3.28. The Balaban J connectivity index is 1.58. The summed E-state index contributed by atoms with van der Waals surface area (Å²) in [4.78, 5) is 13.6. The molecule has 2 aromatic heterocycles. The molecule has 0 saturated carbocycles. The highest BCUT2D eigenvalue weighted by Crippen LogP contribution is 2.32. The van der Waals surface area contributed by atoms with Crippen molar-refractivity contribution in [3.63, 3.8) is 0 Å². The topological polar surface area (TPSA) is 81.1 Å². The predicted octanol–water partition coefficient (Wildman–Crippen LogP) is 3.21. The Morgan fingerprint density at radius 2 is 2.07 bits per heavy atom. The van der Waals surface area contributed by atoms with E-state index in [1.165, 1.54) is 5.56 Å². The average molecular weight is 416 g/mol. The molecule has 0 radical (unpaired) electrons. The van der Waals surface area contributed by atoms with E-state index < -0.39 is 9.84 Å². The standard InChI is InChI=1S/C20H21N3O3S2/c1-14-4-6-15(7-5-14)12-21-20(24)17-11-18(19-3-2-9-27-19)23(22-17)16-8-10-28(25,26)13-16/h2-7,9,11,16H,8,10,12-13H2,1H3,(H,21,24)/t16-/m1/s1. The highest BCUT2D eigenvalue weighted by atomic mass is 32.2. The highest BCUT2D eigenvalue weighted by Gasteiger charge is 2.32. The molecule has 1 N–H and O–H groups in total. The number of carbonyl (C=O) groups excluding carboxylic acids is 1. The van der Waals surface area contributed by atoms with Gasteiger partial charge in [-0.2, -0.15) is 5.10 Å². The Bertz CT molecular complexity index is 1080. The molecule has 1 aliphatic rings. The van der Waals surface area contributed by atoms with E-state index in [0.717, 1.165) is 16.1 Å². The molecule has 1 atom stereocenters. The van der Waals surface area contributed by atoms with Crippen LogP contribution < -0.4 is 5.32 Å². The fourth-order valence-electron chi connectivity index (χ4n) is 3.34. The van der Waals surface area contributed by atoms with Crippen LogP contribution in [0.5, 0.6) is 0 Å². The third-order valence-electron chi connectivity index (χ3n) is 4.87. The number of aryl methyl sites for hydroxylation is 1. The molecule has 4 rings (SSSR count). The second-order valence-electron chi connectivity index (χ2n) is 7.06. The predicted molar refractivity (Wildman–Crippen MR) is 110 cm³/mol. The first-order valence-corrected chi connectivity index (χ1v) is 11.8. The van der Waals surface area contributed by atoms with E-state index in [-0.39, 0.29) is 23.5 Å². The lowest BCUT2D eigenvalue weighted by Crippen LogP contribution is -2.24. The number of hydrogen-bond donors (Lipinski definition) is 1. The van der Waals surface area contributed by atoms with Gasteiger partial charge in [-0.25, -0.2) is 8.42 Å². The smallest absolute Gasteiger partial charge is 0.272 e. The normalized spacial score (nSPS) is 18.2. The Morgan fingerprint density at radius 3 is 2.71 bits per heavy atom. The number of thiophene rings is 1. The fourth-order valence-corrected chi connectivity index (χ4v) is 5.77. The third-order valence-corrected chi connectivity index (χ3v) is 7.51. The van der Waals surface area contributed by atoms with Gasteiger partial charge in [0.1, 0.15) is 0 Å². The maximum absolute atomic E-state index is 12.7. The minimum absolute atomic E-state index is 0.0669. The number of nitrogens with one attached hydrogen (secondary N) is 1. The number of amides is 1. The van der Waals surface area contributed by atoms with Crippen molar-refractivity contribution in [1.82, 2.24) is 15.1 Å². The van der Waals surface area contributed by atoms with Crippen molar-refractivity contribution in [2.24, 2.45) is 0 Å². The number of carbonyl (C=O) groups is 1. The van der Waals surface area contributed by atoms with Crippen LogP contribution in [0.2, 0.25) is 0 Å². The first-order valence-electron chi connectivity index (χ1n) is 9.09. The second-order valence-corrected chi connectivity index (χ2v) is 10.2. The van der Waals surface area contributed by atoms with Crippen molar-refractivity contribution < 1.29 is 13.2 Å². The molecule has 1 aliphatic heterocycles. The Hall–Kier alpha value is -2.45. The number of benzene rings is 1. The number of aromatic nitrogens is 2. The van der Waals surface area contributed by atoms with Gasteiger partial charge in [0.25, 0.3) is 5.91 Å². The monoisotopic (exact) mass is 415 g/mol. The van der Waals surface area contributed by atoms with Crippen LogP contribution in [-0.4, -0.2) is 35.6 Å². The quantitative estimate of drug-likeness (QED) is 0.694. The molecule has 0 aliphatic carbocycles. The molecule has 8 heteroatoms. The molecule has 1 fully saturated rings. The van der Waals surface area contributed by atoms with E-state index in [9.17, 15) is 13.2 Å². The summed E-state index contributed by atoms with van der Waals surface area (Å²) in [5, 5.41) is 9.34. The molecular formula is C20H21N3O3S2. The Kier molecular flexibility index (Phi) is 5.07. The van der Waals surface area contributed by atoms with Gasteiger partial charge >= 0.3 is 0 Å². The Morgan fingerprint density at radius 1 is 1.29 bits per heavy atom. The van der Waals surface area contributed by atoms with E-state index >= 15 is 0 Å².